The summed E-state index contributed by atoms with van der Waals surface area (Å²) < 4.78 is 5.35. The van der Waals surface area contributed by atoms with Crippen molar-refractivity contribution in [2.45, 2.75) is 31.5 Å². The molecule has 5 nitrogen and oxygen atoms in total. The predicted octanol–water partition coefficient (Wildman–Crippen LogP) is -0.0803. The van der Waals surface area contributed by atoms with Gasteiger partial charge in [-0.1, -0.05) is 0 Å². The minimum absolute atomic E-state index is 0.0525. The zero-order chi connectivity index (χ0) is 11.3. The van der Waals surface area contributed by atoms with Gasteiger partial charge in [-0.25, -0.2) is 4.79 Å². The zero-order valence-corrected chi connectivity index (χ0v) is 8.43. The van der Waals surface area contributed by atoms with Crippen LogP contribution < -0.4 is 0 Å². The molecule has 0 fully saturated rings. The molecule has 0 aromatic heterocycles. The van der Waals surface area contributed by atoms with Crippen molar-refractivity contribution in [1.29, 1.82) is 0 Å². The topological polar surface area (TPSA) is 87.0 Å². The third-order valence-electron chi connectivity index (χ3n) is 2.28. The van der Waals surface area contributed by atoms with Crippen LogP contribution in [0, 0.1) is 0 Å². The average Bonchev–Trinajstić information content (AvgIpc) is 2.17. The fraction of sp³-hybridized carbons (Fsp3) is 0.700. The number of rotatable bonds is 5. The van der Waals surface area contributed by atoms with Crippen LogP contribution in [0.4, 0.5) is 0 Å². The molecule has 0 bridgehead atoms. The van der Waals surface area contributed by atoms with Crippen LogP contribution in [0.25, 0.3) is 0 Å². The maximum absolute atomic E-state index is 10.7. The molecule has 0 aromatic rings. The first kappa shape index (κ1) is 12.2. The molecule has 3 N–H and O–H groups in total. The van der Waals surface area contributed by atoms with E-state index in [0.29, 0.717) is 25.9 Å². The molecule has 5 heteroatoms. The normalized spacial score (nSPS) is 26.1. The molecule has 0 saturated carbocycles. The largest absolute Gasteiger partial charge is 0.478 e. The van der Waals surface area contributed by atoms with Gasteiger partial charge in [0, 0.05) is 31.6 Å². The van der Waals surface area contributed by atoms with Gasteiger partial charge in [-0.3, -0.25) is 0 Å². The Morgan fingerprint density at radius 3 is 2.93 bits per heavy atom. The Morgan fingerprint density at radius 2 is 2.33 bits per heavy atom. The van der Waals surface area contributed by atoms with Crippen LogP contribution in [0.1, 0.15) is 19.3 Å². The second-order valence-electron chi connectivity index (χ2n) is 3.57. The maximum atomic E-state index is 10.7. The third kappa shape index (κ3) is 3.99. The van der Waals surface area contributed by atoms with E-state index in [-0.39, 0.29) is 18.3 Å². The molecule has 2 atom stereocenters. The van der Waals surface area contributed by atoms with Crippen molar-refractivity contribution in [2.24, 2.45) is 0 Å². The van der Waals surface area contributed by atoms with Gasteiger partial charge in [-0.15, -0.1) is 0 Å². The zero-order valence-electron chi connectivity index (χ0n) is 8.43. The number of hydrogen-bond donors (Lipinski definition) is 3. The summed E-state index contributed by atoms with van der Waals surface area (Å²) in [5.41, 5.74) is 0.197. The highest BCUT2D eigenvalue weighted by Gasteiger charge is 2.24. The summed E-state index contributed by atoms with van der Waals surface area (Å²) in [6.07, 6.45) is 1.61. The van der Waals surface area contributed by atoms with E-state index in [1.807, 2.05) is 0 Å². The van der Waals surface area contributed by atoms with Gasteiger partial charge in [0.1, 0.15) is 0 Å². The summed E-state index contributed by atoms with van der Waals surface area (Å²) in [7, 11) is 0. The molecular formula is C10H16O5. The van der Waals surface area contributed by atoms with Crippen LogP contribution in [-0.2, 0) is 9.53 Å². The standard InChI is InChI=1S/C10H16O5/c11-2-1-3-15-9-5-7(10(13)14)4-8(12)6-9/h4,8-9,11-12H,1-3,5-6H2,(H,13,14). The van der Waals surface area contributed by atoms with Crippen LogP contribution in [0.5, 0.6) is 0 Å². The first-order chi connectivity index (χ1) is 7.13. The van der Waals surface area contributed by atoms with Crippen LogP contribution in [0.15, 0.2) is 11.6 Å². The Hall–Kier alpha value is -0.910. The van der Waals surface area contributed by atoms with E-state index in [2.05, 4.69) is 0 Å². The molecule has 1 aliphatic rings. The van der Waals surface area contributed by atoms with E-state index < -0.39 is 12.1 Å². The highest BCUT2D eigenvalue weighted by Crippen LogP contribution is 2.21. The van der Waals surface area contributed by atoms with Gasteiger partial charge in [0.15, 0.2) is 0 Å². The Morgan fingerprint density at radius 1 is 1.60 bits per heavy atom. The minimum Gasteiger partial charge on any atom is -0.478 e. The summed E-state index contributed by atoms with van der Waals surface area (Å²) in [4.78, 5) is 10.7. The second kappa shape index (κ2) is 5.85. The first-order valence-corrected chi connectivity index (χ1v) is 4.98. The number of carboxylic acids is 1. The molecule has 1 aliphatic carbocycles. The van der Waals surface area contributed by atoms with E-state index in [9.17, 15) is 9.90 Å². The molecule has 86 valence electrons. The number of aliphatic carboxylic acids is 1. The summed E-state index contributed by atoms with van der Waals surface area (Å²) >= 11 is 0. The molecule has 0 radical (unpaired) electrons. The predicted molar refractivity (Wildman–Crippen MR) is 52.4 cm³/mol. The number of hydrogen-bond acceptors (Lipinski definition) is 4. The van der Waals surface area contributed by atoms with Gasteiger partial charge in [0.25, 0.3) is 0 Å². The van der Waals surface area contributed by atoms with E-state index in [1.165, 1.54) is 6.08 Å². The molecule has 2 unspecified atom stereocenters. The molecule has 0 aliphatic heterocycles. The van der Waals surface area contributed by atoms with Gasteiger partial charge in [0.2, 0.25) is 0 Å². The van der Waals surface area contributed by atoms with Crippen molar-refractivity contribution in [3.05, 3.63) is 11.6 Å². The lowest BCUT2D eigenvalue weighted by molar-refractivity contribution is -0.133. The van der Waals surface area contributed by atoms with Crippen molar-refractivity contribution >= 4 is 5.97 Å². The van der Waals surface area contributed by atoms with E-state index in [0.717, 1.165) is 0 Å². The van der Waals surface area contributed by atoms with Crippen molar-refractivity contribution in [3.8, 4) is 0 Å². The number of carboxylic acid groups (broad SMARTS) is 1. The number of carbonyl (C=O) groups is 1. The van der Waals surface area contributed by atoms with Crippen molar-refractivity contribution in [1.82, 2.24) is 0 Å². The Balaban J connectivity index is 2.43. The van der Waals surface area contributed by atoms with Crippen LogP contribution in [-0.4, -0.2) is 46.7 Å². The van der Waals surface area contributed by atoms with Crippen LogP contribution in [0.3, 0.4) is 0 Å². The average molecular weight is 216 g/mol. The molecule has 0 heterocycles. The maximum Gasteiger partial charge on any atom is 0.331 e. The summed E-state index contributed by atoms with van der Waals surface area (Å²) in [5.74, 6) is -1.01. The molecule has 0 spiro atoms. The lowest BCUT2D eigenvalue weighted by atomic mass is 9.95. The van der Waals surface area contributed by atoms with E-state index in [1.54, 1.807) is 0 Å². The Labute approximate surface area is 88.0 Å². The molecule has 0 amide bonds. The van der Waals surface area contributed by atoms with E-state index in [4.69, 9.17) is 14.9 Å². The fourth-order valence-electron chi connectivity index (χ4n) is 1.57. The van der Waals surface area contributed by atoms with Gasteiger partial charge in [0.05, 0.1) is 12.2 Å². The van der Waals surface area contributed by atoms with Gasteiger partial charge < -0.3 is 20.1 Å². The van der Waals surface area contributed by atoms with Crippen molar-refractivity contribution in [3.63, 3.8) is 0 Å². The van der Waals surface area contributed by atoms with Crippen molar-refractivity contribution in [2.75, 3.05) is 13.2 Å². The number of aliphatic hydroxyl groups is 2. The number of ether oxygens (including phenoxy) is 1. The Bertz CT molecular complexity index is 248. The SMILES string of the molecule is O=C(O)C1=CC(O)CC(OCCCO)C1. The Kier molecular flexibility index (Phi) is 4.74. The van der Waals surface area contributed by atoms with Gasteiger partial charge >= 0.3 is 5.97 Å². The lowest BCUT2D eigenvalue weighted by Gasteiger charge is -2.24. The van der Waals surface area contributed by atoms with Crippen LogP contribution in [0.2, 0.25) is 0 Å². The fourth-order valence-corrected chi connectivity index (χ4v) is 1.57. The highest BCUT2D eigenvalue weighted by molar-refractivity contribution is 5.86. The third-order valence-corrected chi connectivity index (χ3v) is 2.28. The lowest BCUT2D eigenvalue weighted by Crippen LogP contribution is -2.27. The number of aliphatic hydroxyl groups excluding tert-OH is 2. The smallest absolute Gasteiger partial charge is 0.331 e. The molecule has 1 rings (SSSR count). The monoisotopic (exact) mass is 216 g/mol. The van der Waals surface area contributed by atoms with Crippen LogP contribution >= 0.6 is 0 Å². The first-order valence-electron chi connectivity index (χ1n) is 4.98. The summed E-state index contributed by atoms with van der Waals surface area (Å²) in [6, 6.07) is 0. The second-order valence-corrected chi connectivity index (χ2v) is 3.57. The highest BCUT2D eigenvalue weighted by atomic mass is 16.5. The summed E-state index contributed by atoms with van der Waals surface area (Å²) in [6.45, 7) is 0.442. The molecule has 0 aromatic carbocycles. The summed E-state index contributed by atoms with van der Waals surface area (Å²) in [5, 5.41) is 26.7. The van der Waals surface area contributed by atoms with Crippen molar-refractivity contribution < 1.29 is 24.9 Å². The molecule has 0 saturated heterocycles. The van der Waals surface area contributed by atoms with Gasteiger partial charge in [-0.2, -0.15) is 0 Å². The quantitative estimate of drug-likeness (QED) is 0.559. The van der Waals surface area contributed by atoms with E-state index >= 15 is 0 Å². The molecule has 15 heavy (non-hydrogen) atoms. The van der Waals surface area contributed by atoms with Gasteiger partial charge in [-0.05, 0) is 12.5 Å². The molecular weight excluding hydrogens is 200 g/mol. The minimum atomic E-state index is -1.01.